The van der Waals surface area contributed by atoms with Crippen molar-refractivity contribution in [2.24, 2.45) is 0 Å². The predicted octanol–water partition coefficient (Wildman–Crippen LogP) is -0.419. The summed E-state index contributed by atoms with van der Waals surface area (Å²) >= 11 is 0. The van der Waals surface area contributed by atoms with Gasteiger partial charge in [0.2, 0.25) is 0 Å². The molecule has 0 aliphatic rings. The molecular formula is C7H11NaO4S-. The molecule has 0 spiro atoms. The number of hydrogen-bond acceptors (Lipinski definition) is 4. The summed E-state index contributed by atoms with van der Waals surface area (Å²) in [6.07, 6.45) is 5.77. The van der Waals surface area contributed by atoms with E-state index in [2.05, 4.69) is 5.92 Å². The van der Waals surface area contributed by atoms with Gasteiger partial charge in [0.25, 0.3) is 0 Å². The van der Waals surface area contributed by atoms with Crippen LogP contribution in [0.2, 0.25) is 0 Å². The molecule has 0 aromatic carbocycles. The fourth-order valence-corrected chi connectivity index (χ4v) is 1.17. The fourth-order valence-electron chi connectivity index (χ4n) is 0.614. The molecule has 0 saturated heterocycles. The van der Waals surface area contributed by atoms with E-state index in [1.165, 1.54) is 0 Å². The molecule has 0 aliphatic heterocycles. The topological polar surface area (TPSA) is 66.4 Å². The Morgan fingerprint density at radius 2 is 2.00 bits per heavy atom. The minimum absolute atomic E-state index is 0. The van der Waals surface area contributed by atoms with E-state index in [9.17, 15) is 13.0 Å². The van der Waals surface area contributed by atoms with E-state index in [1.54, 1.807) is 0 Å². The Balaban J connectivity index is 0. The Hall–Kier alpha value is 0.430. The maximum absolute atomic E-state index is 10.1. The van der Waals surface area contributed by atoms with Crippen molar-refractivity contribution in [3.05, 3.63) is 0 Å². The summed E-state index contributed by atoms with van der Waals surface area (Å²) in [5.74, 6) is 1.95. The van der Waals surface area contributed by atoms with Gasteiger partial charge in [0, 0.05) is 41.9 Å². The Kier molecular flexibility index (Phi) is 11.0. The molecule has 0 amide bonds. The molecule has 13 heavy (non-hydrogen) atoms. The van der Waals surface area contributed by atoms with Gasteiger partial charge in [0.05, 0.1) is 10.1 Å². The molecular weight excluding hydrogens is 203 g/mol. The van der Waals surface area contributed by atoms with Crippen molar-refractivity contribution in [3.8, 4) is 12.3 Å². The average Bonchev–Trinajstić information content (AvgIpc) is 1.94. The largest absolute Gasteiger partial charge is 0.748 e. The Morgan fingerprint density at radius 1 is 1.38 bits per heavy atom. The van der Waals surface area contributed by atoms with Crippen LogP contribution < -0.4 is 0 Å². The van der Waals surface area contributed by atoms with Crippen molar-refractivity contribution in [2.45, 2.75) is 12.8 Å². The van der Waals surface area contributed by atoms with Gasteiger partial charge in [-0.3, -0.25) is 0 Å². The van der Waals surface area contributed by atoms with E-state index < -0.39 is 10.1 Å². The van der Waals surface area contributed by atoms with Crippen molar-refractivity contribution in [1.29, 1.82) is 0 Å². The number of unbranched alkanes of at least 4 members (excludes halogenated alkanes) is 1. The zero-order valence-corrected chi connectivity index (χ0v) is 10.5. The quantitative estimate of drug-likeness (QED) is 0.261. The molecule has 0 saturated carbocycles. The van der Waals surface area contributed by atoms with Crippen LogP contribution >= 0.6 is 0 Å². The van der Waals surface area contributed by atoms with Crippen molar-refractivity contribution in [2.75, 3.05) is 19.0 Å². The van der Waals surface area contributed by atoms with Gasteiger partial charge >= 0.3 is 0 Å². The van der Waals surface area contributed by atoms with Crippen LogP contribution in [0.1, 0.15) is 12.8 Å². The van der Waals surface area contributed by atoms with Crippen molar-refractivity contribution < 1.29 is 17.7 Å². The third kappa shape index (κ3) is 15.2. The smallest absolute Gasteiger partial charge is 0.107 e. The summed E-state index contributed by atoms with van der Waals surface area (Å²) in [4.78, 5) is 0. The van der Waals surface area contributed by atoms with E-state index in [0.717, 1.165) is 0 Å². The van der Waals surface area contributed by atoms with Crippen LogP contribution in [0.4, 0.5) is 0 Å². The van der Waals surface area contributed by atoms with Crippen LogP contribution in [0.25, 0.3) is 0 Å². The molecule has 0 atom stereocenters. The second-order valence-electron chi connectivity index (χ2n) is 2.23. The summed E-state index contributed by atoms with van der Waals surface area (Å²) in [6, 6.07) is 0. The SMILES string of the molecule is C#CCOCCCCS(=O)(=O)[O-].[Na]. The summed E-state index contributed by atoms with van der Waals surface area (Å²) in [5, 5.41) is 0. The normalized spacial score (nSPS) is 10.2. The summed E-state index contributed by atoms with van der Waals surface area (Å²) in [6.45, 7) is 0.629. The van der Waals surface area contributed by atoms with Crippen molar-refractivity contribution in [3.63, 3.8) is 0 Å². The number of terminal acetylenes is 1. The van der Waals surface area contributed by atoms with Crippen molar-refractivity contribution in [1.82, 2.24) is 0 Å². The van der Waals surface area contributed by atoms with E-state index >= 15 is 0 Å². The molecule has 0 rings (SSSR count). The number of rotatable bonds is 6. The van der Waals surface area contributed by atoms with Crippen LogP contribution in [0.3, 0.4) is 0 Å². The Bertz CT molecular complexity index is 242. The van der Waals surface area contributed by atoms with Crippen LogP contribution in [-0.2, 0) is 14.9 Å². The summed E-state index contributed by atoms with van der Waals surface area (Å²) in [5.41, 5.74) is 0. The van der Waals surface area contributed by atoms with Gasteiger partial charge in [-0.15, -0.1) is 6.42 Å². The van der Waals surface area contributed by atoms with Crippen LogP contribution in [0, 0.1) is 12.3 Å². The second kappa shape index (κ2) is 9.00. The van der Waals surface area contributed by atoms with Gasteiger partial charge in [-0.2, -0.15) is 0 Å². The number of hydrogen-bond donors (Lipinski definition) is 0. The molecule has 0 unspecified atom stereocenters. The third-order valence-corrected chi connectivity index (χ3v) is 1.91. The molecule has 6 heteroatoms. The van der Waals surface area contributed by atoms with E-state index in [4.69, 9.17) is 11.2 Å². The molecule has 71 valence electrons. The second-order valence-corrected chi connectivity index (χ2v) is 3.75. The third-order valence-electron chi connectivity index (χ3n) is 1.12. The van der Waals surface area contributed by atoms with Gasteiger partial charge in [-0.25, -0.2) is 8.42 Å². The first-order valence-electron chi connectivity index (χ1n) is 3.51. The van der Waals surface area contributed by atoms with E-state index in [0.29, 0.717) is 19.4 Å². The molecule has 0 aliphatic carbocycles. The minimum Gasteiger partial charge on any atom is -0.748 e. The van der Waals surface area contributed by atoms with Gasteiger partial charge in [-0.1, -0.05) is 5.92 Å². The fraction of sp³-hybridized carbons (Fsp3) is 0.714. The van der Waals surface area contributed by atoms with Crippen molar-refractivity contribution >= 4 is 39.7 Å². The summed E-state index contributed by atoms with van der Waals surface area (Å²) < 4.78 is 35.1. The standard InChI is InChI=1S/C7H12O4S.Na/c1-2-5-11-6-3-4-7-12(8,9)10;/h1H,3-7H2,(H,8,9,10);/p-1. The minimum atomic E-state index is -4.06. The molecule has 0 heterocycles. The Morgan fingerprint density at radius 3 is 2.46 bits per heavy atom. The molecule has 1 radical (unpaired) electrons. The van der Waals surface area contributed by atoms with Crippen LogP contribution in [-0.4, -0.2) is 61.5 Å². The average molecular weight is 214 g/mol. The molecule has 0 N–H and O–H groups in total. The van der Waals surface area contributed by atoms with Gasteiger partial charge in [-0.05, 0) is 12.8 Å². The number of ether oxygens (including phenoxy) is 1. The van der Waals surface area contributed by atoms with Crippen LogP contribution in [0.5, 0.6) is 0 Å². The molecule has 0 aromatic rings. The first-order chi connectivity index (χ1) is 5.56. The first kappa shape index (κ1) is 15.9. The van der Waals surface area contributed by atoms with Gasteiger partial charge in [0.1, 0.15) is 6.61 Å². The Labute approximate surface area is 101 Å². The van der Waals surface area contributed by atoms with E-state index in [-0.39, 0.29) is 41.9 Å². The summed E-state index contributed by atoms with van der Waals surface area (Å²) in [7, 11) is -4.06. The molecule has 0 aromatic heterocycles. The predicted molar refractivity (Wildman–Crippen MR) is 49.2 cm³/mol. The monoisotopic (exact) mass is 214 g/mol. The van der Waals surface area contributed by atoms with Crippen LogP contribution in [0.15, 0.2) is 0 Å². The molecule has 0 bridgehead atoms. The van der Waals surface area contributed by atoms with Gasteiger partial charge < -0.3 is 9.29 Å². The zero-order valence-electron chi connectivity index (χ0n) is 7.65. The maximum Gasteiger partial charge on any atom is 0.107 e. The van der Waals surface area contributed by atoms with Gasteiger partial charge in [0.15, 0.2) is 0 Å². The first-order valence-corrected chi connectivity index (χ1v) is 5.09. The zero-order chi connectivity index (χ0) is 9.45. The van der Waals surface area contributed by atoms with E-state index in [1.807, 2.05) is 0 Å². The maximum atomic E-state index is 10.1. The molecule has 4 nitrogen and oxygen atoms in total. The molecule has 0 fully saturated rings.